The van der Waals surface area contributed by atoms with E-state index in [1.54, 1.807) is 6.08 Å². The number of ether oxygens (including phenoxy) is 3. The lowest BCUT2D eigenvalue weighted by molar-refractivity contribution is -0.257. The number of aliphatic hydroxyl groups excluding tert-OH is 2. The summed E-state index contributed by atoms with van der Waals surface area (Å²) >= 11 is 0. The summed E-state index contributed by atoms with van der Waals surface area (Å²) in [6, 6.07) is 11.8. The highest BCUT2D eigenvalue weighted by Gasteiger charge is 2.65. The Labute approximate surface area is 354 Å². The molecule has 3 aliphatic carbocycles. The fourth-order valence-corrected chi connectivity index (χ4v) is 10.3. The van der Waals surface area contributed by atoms with Gasteiger partial charge in [-0.1, -0.05) is 68.8 Å². The number of oxime groups is 1. The SMILES string of the molecule is C=CCO[C@@]12Oc3ccc(Oc4ccc(C)c(C)c4)cc3[C@H]3[C@H](CCCCO)[C@@H](CCCCO)C=C(C(=NOC(C)(C)C)C[C@@H]1N(CCC)C(=O)CCC1CCCC1)[C@H]32. The molecular weight excluding hydrogens is 741 g/mol. The van der Waals surface area contributed by atoms with Crippen LogP contribution in [0.25, 0.3) is 0 Å². The number of hydrogen-bond acceptors (Lipinski definition) is 8. The first-order valence-corrected chi connectivity index (χ1v) is 22.7. The number of fused-ring (bicyclic) bond motifs is 2. The summed E-state index contributed by atoms with van der Waals surface area (Å²) in [5.41, 5.74) is 4.77. The molecule has 2 aromatic carbocycles. The van der Waals surface area contributed by atoms with Crippen LogP contribution >= 0.6 is 0 Å². The summed E-state index contributed by atoms with van der Waals surface area (Å²) in [5, 5.41) is 24.9. The highest BCUT2D eigenvalue weighted by atomic mass is 16.7. The minimum atomic E-state index is -1.25. The molecule has 324 valence electrons. The second-order valence-corrected chi connectivity index (χ2v) is 18.6. The van der Waals surface area contributed by atoms with E-state index < -0.39 is 17.4 Å². The van der Waals surface area contributed by atoms with Crippen molar-refractivity contribution in [3.63, 3.8) is 0 Å². The van der Waals surface area contributed by atoms with E-state index in [-0.39, 0.29) is 49.4 Å². The molecule has 0 unspecified atom stereocenters. The van der Waals surface area contributed by atoms with Gasteiger partial charge in [0, 0.05) is 44.1 Å². The van der Waals surface area contributed by atoms with Crippen LogP contribution in [0.15, 0.2) is 65.9 Å². The number of carbonyl (C=O) groups is 1. The summed E-state index contributed by atoms with van der Waals surface area (Å²) in [7, 11) is 0. The second-order valence-electron chi connectivity index (χ2n) is 18.6. The van der Waals surface area contributed by atoms with Crippen LogP contribution in [-0.4, -0.2) is 70.5 Å². The number of benzene rings is 2. The van der Waals surface area contributed by atoms with Crippen molar-refractivity contribution in [3.8, 4) is 17.2 Å². The number of aryl methyl sites for hydroxylation is 2. The fourth-order valence-electron chi connectivity index (χ4n) is 10.3. The highest BCUT2D eigenvalue weighted by molar-refractivity contribution is 6.03. The van der Waals surface area contributed by atoms with Gasteiger partial charge in [0.15, 0.2) is 0 Å². The molecule has 9 heteroatoms. The zero-order valence-electron chi connectivity index (χ0n) is 36.8. The van der Waals surface area contributed by atoms with Gasteiger partial charge in [0.1, 0.15) is 28.9 Å². The molecule has 0 spiro atoms. The standard InChI is InChI=1S/C50H72N2O7/c1-8-26-52(46(55)25-21-36-16-10-11-17-36)45-33-43(51-59-49(5,6)7)41-31-37(18-12-14-27-53)40(19-13-15-28-54)47-42-32-39(57-38-22-20-34(3)35(4)30-38)23-24-44(42)58-50(45,48(41)47)56-29-9-2/h9,20,22-24,30-32,36-37,40,45,47-48,53-54H,2,8,10-19,21,25-29,33H2,1,3-7H3/t37-,40+,45-,47+,48+,50+/m0/s1. The predicted molar refractivity (Wildman–Crippen MR) is 235 cm³/mol. The van der Waals surface area contributed by atoms with Gasteiger partial charge in [-0.2, -0.15) is 0 Å². The Balaban J connectivity index is 1.56. The molecule has 2 aromatic rings. The van der Waals surface area contributed by atoms with Crippen LogP contribution in [0.1, 0.15) is 140 Å². The van der Waals surface area contributed by atoms with Crippen molar-refractivity contribution in [1.82, 2.24) is 4.90 Å². The average molecular weight is 813 g/mol. The molecule has 0 saturated heterocycles. The monoisotopic (exact) mass is 813 g/mol. The third-order valence-corrected chi connectivity index (χ3v) is 13.2. The lowest BCUT2D eigenvalue weighted by Crippen LogP contribution is -2.70. The zero-order valence-corrected chi connectivity index (χ0v) is 36.8. The predicted octanol–water partition coefficient (Wildman–Crippen LogP) is 10.7. The van der Waals surface area contributed by atoms with Crippen molar-refractivity contribution in [3.05, 3.63) is 77.4 Å². The summed E-state index contributed by atoms with van der Waals surface area (Å²) < 4.78 is 21.2. The normalized spacial score (nSPS) is 25.8. The Hall–Kier alpha value is -3.66. The molecular formula is C50H72N2O7. The van der Waals surface area contributed by atoms with Crippen molar-refractivity contribution in [1.29, 1.82) is 0 Å². The van der Waals surface area contributed by atoms with Crippen LogP contribution in [0.4, 0.5) is 0 Å². The number of carbonyl (C=O) groups excluding carboxylic acids is 1. The summed E-state index contributed by atoms with van der Waals surface area (Å²) in [4.78, 5) is 23.1. The van der Waals surface area contributed by atoms with Gasteiger partial charge in [0.05, 0.1) is 18.2 Å². The third kappa shape index (κ3) is 10.5. The van der Waals surface area contributed by atoms with Crippen LogP contribution in [-0.2, 0) is 14.4 Å². The van der Waals surface area contributed by atoms with Gasteiger partial charge in [-0.3, -0.25) is 4.79 Å². The van der Waals surface area contributed by atoms with E-state index >= 15 is 0 Å². The first-order valence-electron chi connectivity index (χ1n) is 22.7. The van der Waals surface area contributed by atoms with Crippen LogP contribution in [0.3, 0.4) is 0 Å². The van der Waals surface area contributed by atoms with Crippen molar-refractivity contribution in [2.24, 2.45) is 28.8 Å². The summed E-state index contributed by atoms with van der Waals surface area (Å²) in [6.45, 7) is 17.5. The zero-order chi connectivity index (χ0) is 42.2. The number of unbranched alkanes of at least 4 members (excludes halogenated alkanes) is 2. The Kier molecular flexibility index (Phi) is 15.4. The van der Waals surface area contributed by atoms with Gasteiger partial charge in [-0.15, -0.1) is 6.58 Å². The molecule has 2 N–H and O–H groups in total. The van der Waals surface area contributed by atoms with E-state index in [1.165, 1.54) is 31.2 Å². The maximum Gasteiger partial charge on any atom is 0.239 e. The molecule has 1 heterocycles. The van der Waals surface area contributed by atoms with Gasteiger partial charge in [0.25, 0.3) is 0 Å². The number of aliphatic hydroxyl groups is 2. The topological polar surface area (TPSA) is 110 Å². The molecule has 0 aromatic heterocycles. The molecule has 1 amide bonds. The molecule has 6 rings (SSSR count). The molecule has 2 saturated carbocycles. The summed E-state index contributed by atoms with van der Waals surface area (Å²) in [5.74, 6) is 1.55. The van der Waals surface area contributed by atoms with Crippen molar-refractivity contribution in [2.45, 2.75) is 155 Å². The lowest BCUT2D eigenvalue weighted by Gasteiger charge is -2.60. The Morgan fingerprint density at radius 1 is 0.983 bits per heavy atom. The smallest absolute Gasteiger partial charge is 0.239 e. The van der Waals surface area contributed by atoms with E-state index in [0.29, 0.717) is 31.7 Å². The largest absolute Gasteiger partial charge is 0.459 e. The third-order valence-electron chi connectivity index (χ3n) is 13.2. The second kappa shape index (κ2) is 20.3. The van der Waals surface area contributed by atoms with Gasteiger partial charge < -0.3 is 34.2 Å². The molecule has 9 nitrogen and oxygen atoms in total. The van der Waals surface area contributed by atoms with E-state index in [1.807, 2.05) is 39.0 Å². The van der Waals surface area contributed by atoms with E-state index in [2.05, 4.69) is 56.5 Å². The molecule has 59 heavy (non-hydrogen) atoms. The maximum atomic E-state index is 14.7. The van der Waals surface area contributed by atoms with Crippen LogP contribution in [0, 0.1) is 37.5 Å². The summed E-state index contributed by atoms with van der Waals surface area (Å²) in [6.07, 6.45) is 16.6. The molecule has 0 radical (unpaired) electrons. The van der Waals surface area contributed by atoms with Crippen LogP contribution in [0.5, 0.6) is 17.2 Å². The van der Waals surface area contributed by atoms with E-state index in [9.17, 15) is 15.0 Å². The first-order chi connectivity index (χ1) is 28.4. The van der Waals surface area contributed by atoms with Gasteiger partial charge in [-0.05, 0) is 138 Å². The van der Waals surface area contributed by atoms with E-state index in [4.69, 9.17) is 24.2 Å². The first kappa shape index (κ1) is 44.9. The number of amides is 1. The molecule has 2 fully saturated rings. The maximum absolute atomic E-state index is 14.7. The van der Waals surface area contributed by atoms with Crippen molar-refractivity contribution < 1.29 is 34.1 Å². The van der Waals surface area contributed by atoms with Crippen LogP contribution in [0.2, 0.25) is 0 Å². The van der Waals surface area contributed by atoms with Crippen LogP contribution < -0.4 is 9.47 Å². The number of hydrogen-bond donors (Lipinski definition) is 2. The minimum Gasteiger partial charge on any atom is -0.459 e. The fraction of sp³-hybridized carbons (Fsp3) is 0.640. The Morgan fingerprint density at radius 2 is 1.69 bits per heavy atom. The minimum absolute atomic E-state index is 0.107. The lowest BCUT2D eigenvalue weighted by atomic mass is 9.55. The number of allylic oxidation sites excluding steroid dienone is 1. The highest BCUT2D eigenvalue weighted by Crippen LogP contribution is 2.62. The number of rotatable bonds is 20. The van der Waals surface area contributed by atoms with Gasteiger partial charge >= 0.3 is 0 Å². The van der Waals surface area contributed by atoms with Crippen molar-refractivity contribution >= 4 is 11.6 Å². The molecule has 4 aliphatic rings. The Morgan fingerprint density at radius 3 is 2.37 bits per heavy atom. The van der Waals surface area contributed by atoms with Crippen molar-refractivity contribution in [2.75, 3.05) is 26.4 Å². The van der Waals surface area contributed by atoms with E-state index in [0.717, 1.165) is 84.6 Å². The van der Waals surface area contributed by atoms with Gasteiger partial charge in [0.2, 0.25) is 11.7 Å². The Bertz CT molecular complexity index is 1790. The molecule has 0 bridgehead atoms. The molecule has 6 atom stereocenters. The average Bonchev–Trinajstić information content (AvgIpc) is 3.74. The molecule has 1 aliphatic heterocycles. The van der Waals surface area contributed by atoms with Gasteiger partial charge in [-0.25, -0.2) is 0 Å². The quantitative estimate of drug-likeness (QED) is 0.0778. The number of nitrogens with zero attached hydrogens (tertiary/aromatic N) is 2.